The molecule has 2 heteroatoms. The Morgan fingerprint density at radius 2 is 1.55 bits per heavy atom. The van der Waals surface area contributed by atoms with E-state index in [4.69, 9.17) is 4.74 Å². The van der Waals surface area contributed by atoms with E-state index in [9.17, 15) is 4.79 Å². The Kier molecular flexibility index (Phi) is 7.29. The van der Waals surface area contributed by atoms with Crippen LogP contribution in [-0.2, 0) is 10.8 Å². The zero-order valence-electron chi connectivity index (χ0n) is 20.4. The van der Waals surface area contributed by atoms with Crippen molar-refractivity contribution in [1.82, 2.24) is 0 Å². The predicted octanol–water partition coefficient (Wildman–Crippen LogP) is 8.17. The van der Waals surface area contributed by atoms with Gasteiger partial charge in [-0.25, -0.2) is 0 Å². The number of hydrogen-bond acceptors (Lipinski definition) is 2. The van der Waals surface area contributed by atoms with Crippen LogP contribution in [0.25, 0.3) is 11.1 Å². The van der Waals surface area contributed by atoms with E-state index < -0.39 is 0 Å². The summed E-state index contributed by atoms with van der Waals surface area (Å²) >= 11 is 0. The molecule has 2 nitrogen and oxygen atoms in total. The summed E-state index contributed by atoms with van der Waals surface area (Å²) in [5, 5.41) is 0. The second-order valence-electron chi connectivity index (χ2n) is 10.6. The third-order valence-corrected chi connectivity index (χ3v) is 7.15. The second-order valence-corrected chi connectivity index (χ2v) is 10.6. The van der Waals surface area contributed by atoms with Gasteiger partial charge in [0.05, 0.1) is 12.2 Å². The van der Waals surface area contributed by atoms with Crippen molar-refractivity contribution in [2.24, 2.45) is 0 Å². The van der Waals surface area contributed by atoms with E-state index in [0.29, 0.717) is 17.9 Å². The number of unbranched alkanes of at least 4 members (excludes halogenated alkanes) is 4. The molecule has 0 unspecified atom stereocenters. The lowest BCUT2D eigenvalue weighted by atomic mass is 9.62. The average Bonchev–Trinajstić information content (AvgIpc) is 2.74. The van der Waals surface area contributed by atoms with Crippen molar-refractivity contribution in [3.63, 3.8) is 0 Å². The van der Waals surface area contributed by atoms with Gasteiger partial charge in [-0.3, -0.25) is 4.79 Å². The molecule has 0 aliphatic heterocycles. The molecule has 0 radical (unpaired) electrons. The topological polar surface area (TPSA) is 26.3 Å². The molecule has 0 fully saturated rings. The van der Waals surface area contributed by atoms with E-state index in [-0.39, 0.29) is 10.8 Å². The fraction of sp³-hybridized carbons (Fsp3) is 0.552. The van der Waals surface area contributed by atoms with Crippen LogP contribution in [0, 0.1) is 6.92 Å². The number of benzene rings is 2. The van der Waals surface area contributed by atoms with Crippen LogP contribution in [0.3, 0.4) is 0 Å². The first kappa shape index (κ1) is 23.6. The zero-order chi connectivity index (χ0) is 22.6. The van der Waals surface area contributed by atoms with Crippen LogP contribution < -0.4 is 4.74 Å². The lowest BCUT2D eigenvalue weighted by molar-refractivity contribution is 0.111. The number of aldehydes is 1. The summed E-state index contributed by atoms with van der Waals surface area (Å²) in [4.78, 5) is 11.8. The van der Waals surface area contributed by atoms with Gasteiger partial charge in [0.2, 0.25) is 0 Å². The van der Waals surface area contributed by atoms with Gasteiger partial charge in [-0.1, -0.05) is 78.5 Å². The summed E-state index contributed by atoms with van der Waals surface area (Å²) in [6, 6.07) is 10.8. The molecule has 0 spiro atoms. The minimum absolute atomic E-state index is 0.168. The summed E-state index contributed by atoms with van der Waals surface area (Å²) in [7, 11) is 0. The van der Waals surface area contributed by atoms with E-state index in [2.05, 4.69) is 59.7 Å². The Hall–Kier alpha value is -2.09. The molecule has 1 aliphatic carbocycles. The van der Waals surface area contributed by atoms with Gasteiger partial charge in [0.25, 0.3) is 0 Å². The highest BCUT2D eigenvalue weighted by molar-refractivity contribution is 5.83. The van der Waals surface area contributed by atoms with Crippen molar-refractivity contribution < 1.29 is 9.53 Å². The van der Waals surface area contributed by atoms with E-state index in [1.165, 1.54) is 60.8 Å². The van der Waals surface area contributed by atoms with Gasteiger partial charge < -0.3 is 4.74 Å². The van der Waals surface area contributed by atoms with Crippen LogP contribution in [-0.4, -0.2) is 12.9 Å². The lowest BCUT2D eigenvalue weighted by Gasteiger charge is -2.42. The Labute approximate surface area is 189 Å². The SMILES string of the molecule is CCCCCCCOc1ccc(-c2cc3c(cc2C)C(C)(C)CCC3(C)C)cc1C=O. The monoisotopic (exact) mass is 420 g/mol. The summed E-state index contributed by atoms with van der Waals surface area (Å²) in [5.41, 5.74) is 7.52. The van der Waals surface area contributed by atoms with Crippen LogP contribution >= 0.6 is 0 Å². The summed E-state index contributed by atoms with van der Waals surface area (Å²) in [5.74, 6) is 0.700. The molecular formula is C29H40O2. The number of carbonyl (C=O) groups excluding carboxylic acids is 1. The first-order chi connectivity index (χ1) is 14.7. The summed E-state index contributed by atoms with van der Waals surface area (Å²) in [6.07, 6.45) is 9.33. The number of aryl methyl sites for hydroxylation is 1. The van der Waals surface area contributed by atoms with Crippen LogP contribution in [0.1, 0.15) is 107 Å². The molecule has 0 N–H and O–H groups in total. The van der Waals surface area contributed by atoms with Gasteiger partial charge >= 0.3 is 0 Å². The summed E-state index contributed by atoms with van der Waals surface area (Å²) in [6.45, 7) is 14.5. The zero-order valence-corrected chi connectivity index (χ0v) is 20.4. The molecule has 0 amide bonds. The fourth-order valence-electron chi connectivity index (χ4n) is 4.86. The molecule has 0 heterocycles. The third kappa shape index (κ3) is 5.22. The standard InChI is InChI=1S/C29H40O2/c1-7-8-9-10-11-16-31-27-13-12-22(18-23(27)20-30)24-19-26-25(17-21(24)2)28(3,4)14-15-29(26,5)6/h12-13,17-20H,7-11,14-16H2,1-6H3. The Morgan fingerprint density at radius 1 is 0.903 bits per heavy atom. The Balaban J connectivity index is 1.87. The van der Waals surface area contributed by atoms with Crippen LogP contribution in [0.2, 0.25) is 0 Å². The fourth-order valence-corrected chi connectivity index (χ4v) is 4.86. The molecule has 168 valence electrons. The average molecular weight is 421 g/mol. The highest BCUT2D eigenvalue weighted by atomic mass is 16.5. The van der Waals surface area contributed by atoms with Gasteiger partial charge in [0.15, 0.2) is 6.29 Å². The normalized spacial score (nSPS) is 16.6. The predicted molar refractivity (Wildman–Crippen MR) is 132 cm³/mol. The molecular weight excluding hydrogens is 380 g/mol. The maximum Gasteiger partial charge on any atom is 0.153 e. The lowest BCUT2D eigenvalue weighted by Crippen LogP contribution is -2.34. The van der Waals surface area contributed by atoms with Crippen molar-refractivity contribution in [2.75, 3.05) is 6.61 Å². The van der Waals surface area contributed by atoms with Gasteiger partial charge in [-0.2, -0.15) is 0 Å². The van der Waals surface area contributed by atoms with Crippen LogP contribution in [0.5, 0.6) is 5.75 Å². The smallest absolute Gasteiger partial charge is 0.153 e. The molecule has 0 saturated carbocycles. The van der Waals surface area contributed by atoms with E-state index in [1.807, 2.05) is 12.1 Å². The maximum absolute atomic E-state index is 11.8. The van der Waals surface area contributed by atoms with Crippen LogP contribution in [0.4, 0.5) is 0 Å². The largest absolute Gasteiger partial charge is 0.493 e. The maximum atomic E-state index is 11.8. The first-order valence-corrected chi connectivity index (χ1v) is 12.1. The number of fused-ring (bicyclic) bond motifs is 1. The first-order valence-electron chi connectivity index (χ1n) is 12.1. The Bertz CT molecular complexity index is 921. The molecule has 0 atom stereocenters. The van der Waals surface area contributed by atoms with Crippen molar-refractivity contribution in [3.05, 3.63) is 52.6 Å². The molecule has 0 saturated heterocycles. The van der Waals surface area contributed by atoms with E-state index in [0.717, 1.165) is 18.3 Å². The Morgan fingerprint density at radius 3 is 2.19 bits per heavy atom. The minimum atomic E-state index is 0.168. The highest BCUT2D eigenvalue weighted by Crippen LogP contribution is 2.47. The minimum Gasteiger partial charge on any atom is -0.493 e. The van der Waals surface area contributed by atoms with Gasteiger partial charge in [-0.15, -0.1) is 0 Å². The second kappa shape index (κ2) is 9.59. The van der Waals surface area contributed by atoms with Gasteiger partial charge in [0, 0.05) is 0 Å². The molecule has 1 aliphatic rings. The quantitative estimate of drug-likeness (QED) is 0.302. The molecule has 0 aromatic heterocycles. The number of hydrogen-bond donors (Lipinski definition) is 0. The number of rotatable bonds is 9. The highest BCUT2D eigenvalue weighted by Gasteiger charge is 2.37. The molecule has 2 aromatic rings. The van der Waals surface area contributed by atoms with Crippen LogP contribution in [0.15, 0.2) is 30.3 Å². The number of carbonyl (C=O) groups is 1. The van der Waals surface area contributed by atoms with Gasteiger partial charge in [-0.05, 0) is 77.0 Å². The number of ether oxygens (including phenoxy) is 1. The third-order valence-electron chi connectivity index (χ3n) is 7.15. The van der Waals surface area contributed by atoms with Crippen molar-refractivity contribution >= 4 is 6.29 Å². The van der Waals surface area contributed by atoms with Crippen molar-refractivity contribution in [3.8, 4) is 16.9 Å². The summed E-state index contributed by atoms with van der Waals surface area (Å²) < 4.78 is 5.95. The van der Waals surface area contributed by atoms with Crippen molar-refractivity contribution in [2.45, 2.75) is 97.3 Å². The molecule has 2 aromatic carbocycles. The molecule has 3 rings (SSSR count). The van der Waals surface area contributed by atoms with E-state index in [1.54, 1.807) is 0 Å². The molecule has 31 heavy (non-hydrogen) atoms. The molecule has 0 bridgehead atoms. The van der Waals surface area contributed by atoms with E-state index >= 15 is 0 Å². The van der Waals surface area contributed by atoms with Crippen molar-refractivity contribution in [1.29, 1.82) is 0 Å². The van der Waals surface area contributed by atoms with Gasteiger partial charge in [0.1, 0.15) is 5.75 Å².